The molecule has 0 bridgehead atoms. The third kappa shape index (κ3) is 6.27. The predicted octanol–water partition coefficient (Wildman–Crippen LogP) is 6.76. The average Bonchev–Trinajstić information content (AvgIpc) is 3.83. The molecule has 0 saturated carbocycles. The number of carbonyl (C=O) groups excluding carboxylic acids is 1. The van der Waals surface area contributed by atoms with Crippen LogP contribution in [0.5, 0.6) is 0 Å². The maximum absolute atomic E-state index is 12.2. The number of nitrogens with one attached hydrogen (secondary N) is 1. The Hall–Kier alpha value is -3.99. The van der Waals surface area contributed by atoms with Crippen molar-refractivity contribution < 1.29 is 18.8 Å². The van der Waals surface area contributed by atoms with E-state index in [1.54, 1.807) is 16.2 Å². The number of likely N-dealkylation sites (tertiary alicyclic amines) is 1. The summed E-state index contributed by atoms with van der Waals surface area (Å²) in [5.74, 6) is 1.42. The number of nitrogens with zero attached hydrogens (tertiary/aromatic N) is 3. The molecule has 2 aliphatic rings. The highest BCUT2D eigenvalue weighted by atomic mass is 32.1. The lowest BCUT2D eigenvalue weighted by Gasteiger charge is -2.32. The lowest BCUT2D eigenvalue weighted by atomic mass is 9.79. The van der Waals surface area contributed by atoms with Gasteiger partial charge < -0.3 is 23.9 Å². The van der Waals surface area contributed by atoms with E-state index in [-0.39, 0.29) is 12.1 Å². The van der Waals surface area contributed by atoms with Gasteiger partial charge in [0.1, 0.15) is 23.4 Å². The van der Waals surface area contributed by atoms with Crippen LogP contribution in [-0.4, -0.2) is 58.0 Å². The van der Waals surface area contributed by atoms with Gasteiger partial charge in [0.15, 0.2) is 0 Å². The zero-order chi connectivity index (χ0) is 31.8. The number of aromatic amines is 1. The van der Waals surface area contributed by atoms with E-state index in [9.17, 15) is 4.79 Å². The van der Waals surface area contributed by atoms with Crippen molar-refractivity contribution in [2.75, 3.05) is 6.54 Å². The number of para-hydroxylation sites is 1. The summed E-state index contributed by atoms with van der Waals surface area (Å²) in [5.41, 5.74) is 4.71. The van der Waals surface area contributed by atoms with E-state index in [0.29, 0.717) is 18.7 Å². The minimum Gasteiger partial charge on any atom is -0.487 e. The normalized spacial score (nSPS) is 21.4. The number of imidazole rings is 1. The number of carbonyl (C=O) groups is 1. The molecule has 2 aromatic carbocycles. The topological polar surface area (TPSA) is 89.0 Å². The molecule has 1 N–H and O–H groups in total. The van der Waals surface area contributed by atoms with E-state index in [2.05, 4.69) is 51.7 Å². The van der Waals surface area contributed by atoms with E-state index in [1.165, 1.54) is 0 Å². The first-order valence-electron chi connectivity index (χ1n) is 15.3. The molecule has 8 nitrogen and oxygen atoms in total. The molecular weight excluding hydrogens is 583 g/mol. The van der Waals surface area contributed by atoms with Gasteiger partial charge in [0.05, 0.1) is 40.0 Å². The molecule has 0 radical (unpaired) electrons. The number of hydrogen-bond acceptors (Lipinski definition) is 7. The molecule has 2 unspecified atom stereocenters. The molecule has 2 aliphatic heterocycles. The number of benzene rings is 2. The van der Waals surface area contributed by atoms with Crippen LogP contribution >= 0.6 is 11.3 Å². The van der Waals surface area contributed by atoms with Crippen molar-refractivity contribution in [3.8, 4) is 11.3 Å². The van der Waals surface area contributed by atoms with Crippen molar-refractivity contribution in [3.05, 3.63) is 100 Å². The van der Waals surface area contributed by atoms with E-state index < -0.39 is 18.3 Å². The number of H-pyrrole nitrogens is 1. The smallest absolute Gasteiger partial charge is 0.487 e. The van der Waals surface area contributed by atoms with Crippen molar-refractivity contribution >= 4 is 41.7 Å². The maximum Gasteiger partial charge on any atom is 0.494 e. The first-order valence-corrected chi connectivity index (χ1v) is 16.2. The highest BCUT2D eigenvalue weighted by Crippen LogP contribution is 2.37. The van der Waals surface area contributed by atoms with Crippen LogP contribution in [0.3, 0.4) is 0 Å². The fraction of sp³-hybridized carbons (Fsp3) is 0.343. The molecule has 6 rings (SSSR count). The molecule has 232 valence electrons. The monoisotopic (exact) mass is 622 g/mol. The fourth-order valence-electron chi connectivity index (χ4n) is 5.63. The van der Waals surface area contributed by atoms with Crippen molar-refractivity contribution in [1.29, 1.82) is 0 Å². The molecule has 45 heavy (non-hydrogen) atoms. The number of ether oxygens (including phenoxy) is 1. The van der Waals surface area contributed by atoms with Crippen LogP contribution < -0.4 is 5.46 Å². The van der Waals surface area contributed by atoms with Gasteiger partial charge in [0.25, 0.3) is 0 Å². The molecule has 4 heterocycles. The van der Waals surface area contributed by atoms with Crippen molar-refractivity contribution in [2.24, 2.45) is 4.99 Å². The third-order valence-corrected chi connectivity index (χ3v) is 9.85. The summed E-state index contributed by atoms with van der Waals surface area (Å²) in [6.45, 7) is 12.7. The Bertz CT molecular complexity index is 1700. The van der Waals surface area contributed by atoms with Gasteiger partial charge in [-0.15, -0.1) is 11.3 Å². The molecular formula is C35H39BN4O4S. The summed E-state index contributed by atoms with van der Waals surface area (Å²) in [5, 5.41) is 2.04. The van der Waals surface area contributed by atoms with Crippen LogP contribution in [0.25, 0.3) is 11.3 Å². The standard InChI is InChI=1S/C35H39BN4O4S/c1-7-30(32(31-13-10-18-45-31)38-27-12-9-8-11-23(27)2)42-26-19-29(40(21-26)22-41)33-37-20-28(39-33)24-14-16-25(17-15-24)36-43-34(3,4)35(5,6)44-36/h7-18,20,22,26,29H,19,21H2,1-6H3,(H,37,39)/b30-7+,38-32+. The van der Waals surface area contributed by atoms with Crippen LogP contribution in [0.4, 0.5) is 5.69 Å². The first kappa shape index (κ1) is 31.0. The number of amides is 1. The number of hydrogen-bond donors (Lipinski definition) is 1. The Morgan fingerprint density at radius 1 is 1.09 bits per heavy atom. The van der Waals surface area contributed by atoms with Gasteiger partial charge in [-0.25, -0.2) is 9.98 Å². The Morgan fingerprint density at radius 2 is 1.82 bits per heavy atom. The summed E-state index contributed by atoms with van der Waals surface area (Å²) >= 11 is 1.62. The molecule has 1 amide bonds. The maximum atomic E-state index is 12.2. The van der Waals surface area contributed by atoms with Crippen molar-refractivity contribution in [2.45, 2.75) is 71.3 Å². The van der Waals surface area contributed by atoms with Gasteiger partial charge in [-0.05, 0) is 76.2 Å². The van der Waals surface area contributed by atoms with Crippen LogP contribution in [0, 0.1) is 6.92 Å². The van der Waals surface area contributed by atoms with Gasteiger partial charge >= 0.3 is 7.12 Å². The third-order valence-electron chi connectivity index (χ3n) is 8.97. The summed E-state index contributed by atoms with van der Waals surface area (Å²) in [4.78, 5) is 28.2. The minimum absolute atomic E-state index is 0.221. The largest absolute Gasteiger partial charge is 0.494 e. The van der Waals surface area contributed by atoms with E-state index >= 15 is 0 Å². The van der Waals surface area contributed by atoms with Crippen molar-refractivity contribution in [3.63, 3.8) is 0 Å². The Labute approximate surface area is 269 Å². The molecule has 0 aliphatic carbocycles. The van der Waals surface area contributed by atoms with Gasteiger partial charge in [-0.2, -0.15) is 0 Å². The minimum atomic E-state index is -0.417. The Balaban J connectivity index is 1.18. The van der Waals surface area contributed by atoms with E-state index in [1.807, 2.05) is 73.1 Å². The second-order valence-electron chi connectivity index (χ2n) is 12.6. The number of aryl methyl sites for hydroxylation is 1. The Kier molecular flexibility index (Phi) is 8.56. The van der Waals surface area contributed by atoms with Gasteiger partial charge in [0, 0.05) is 18.2 Å². The summed E-state index contributed by atoms with van der Waals surface area (Å²) in [6, 6.07) is 20.0. The van der Waals surface area contributed by atoms with Gasteiger partial charge in [-0.1, -0.05) is 48.5 Å². The molecule has 10 heteroatoms. The zero-order valence-electron chi connectivity index (χ0n) is 26.6. The van der Waals surface area contributed by atoms with Crippen LogP contribution in [-0.2, 0) is 18.8 Å². The second-order valence-corrected chi connectivity index (χ2v) is 13.5. The highest BCUT2D eigenvalue weighted by Gasteiger charge is 2.51. The van der Waals surface area contributed by atoms with Gasteiger partial charge in [0.2, 0.25) is 6.41 Å². The second kappa shape index (κ2) is 12.4. The lowest BCUT2D eigenvalue weighted by Crippen LogP contribution is -2.41. The summed E-state index contributed by atoms with van der Waals surface area (Å²) in [7, 11) is -0.417. The van der Waals surface area contributed by atoms with Crippen LogP contribution in [0.2, 0.25) is 0 Å². The number of allylic oxidation sites excluding steroid dienone is 2. The number of aliphatic imine (C=N–C) groups is 1. The van der Waals surface area contributed by atoms with Gasteiger partial charge in [-0.3, -0.25) is 4.79 Å². The average molecular weight is 623 g/mol. The molecule has 2 saturated heterocycles. The Morgan fingerprint density at radius 3 is 2.47 bits per heavy atom. The molecule has 4 aromatic rings. The quantitative estimate of drug-likeness (QED) is 0.0965. The number of aromatic nitrogens is 2. The summed E-state index contributed by atoms with van der Waals surface area (Å²) in [6.07, 6.45) is 5.10. The molecule has 2 atom stereocenters. The number of thiophene rings is 1. The summed E-state index contributed by atoms with van der Waals surface area (Å²) < 4.78 is 19.0. The highest BCUT2D eigenvalue weighted by molar-refractivity contribution is 7.12. The van der Waals surface area contributed by atoms with Crippen molar-refractivity contribution in [1.82, 2.24) is 14.9 Å². The first-order chi connectivity index (χ1) is 21.6. The zero-order valence-corrected chi connectivity index (χ0v) is 27.4. The van der Waals surface area contributed by atoms with Crippen LogP contribution in [0.1, 0.15) is 63.3 Å². The predicted molar refractivity (Wildman–Crippen MR) is 180 cm³/mol. The lowest BCUT2D eigenvalue weighted by molar-refractivity contribution is -0.119. The molecule has 0 spiro atoms. The van der Waals surface area contributed by atoms with E-state index in [0.717, 1.165) is 50.8 Å². The SMILES string of the molecule is C/C=C(OC1CC(c2nc(-c3ccc(B4OC(C)(C)C(C)(C)O4)cc3)c[nH]2)N(C=O)C1)\C(=N/c1ccccc1C)c1cccs1. The van der Waals surface area contributed by atoms with Crippen LogP contribution in [0.15, 0.2) is 89.1 Å². The van der Waals surface area contributed by atoms with E-state index in [4.69, 9.17) is 24.0 Å². The fourth-order valence-corrected chi connectivity index (χ4v) is 6.35. The molecule has 2 aromatic heterocycles. The molecule has 2 fully saturated rings. The number of rotatable bonds is 9.